The normalized spacial score (nSPS) is 11.8. The molecule has 0 aliphatic heterocycles. The highest BCUT2D eigenvalue weighted by atomic mass is 15.2. The fourth-order valence-electron chi connectivity index (χ4n) is 9.24. The van der Waals surface area contributed by atoms with E-state index in [0.29, 0.717) is 0 Å². The molecule has 0 aliphatic carbocycles. The van der Waals surface area contributed by atoms with Gasteiger partial charge in [0.2, 0.25) is 0 Å². The van der Waals surface area contributed by atoms with Crippen LogP contribution in [-0.2, 0) is 5.41 Å². The number of hydrogen-bond donors (Lipinski definition) is 0. The van der Waals surface area contributed by atoms with Gasteiger partial charge in [-0.25, -0.2) is 0 Å². The monoisotopic (exact) mass is 772 g/mol. The number of para-hydroxylation sites is 2. The van der Waals surface area contributed by atoms with Crippen LogP contribution in [0, 0.1) is 13.8 Å². The lowest BCUT2D eigenvalue weighted by Gasteiger charge is -2.34. The lowest BCUT2D eigenvalue weighted by atomic mass is 9.83. The molecule has 0 N–H and O–H groups in total. The Balaban J connectivity index is 1.34. The van der Waals surface area contributed by atoms with Crippen molar-refractivity contribution in [1.29, 1.82) is 0 Å². The second-order valence-electron chi connectivity index (χ2n) is 17.0. The van der Waals surface area contributed by atoms with Gasteiger partial charge in [0, 0.05) is 38.9 Å². The summed E-state index contributed by atoms with van der Waals surface area (Å²) in [6.07, 6.45) is 0. The average Bonchev–Trinajstić information content (AvgIpc) is 3.28. The maximum absolute atomic E-state index is 2.49. The second kappa shape index (κ2) is 14.9. The van der Waals surface area contributed by atoms with Crippen LogP contribution in [0.25, 0.3) is 54.6 Å². The van der Waals surface area contributed by atoms with Gasteiger partial charge in [0.1, 0.15) is 0 Å². The van der Waals surface area contributed by atoms with E-state index in [9.17, 15) is 0 Å². The van der Waals surface area contributed by atoms with E-state index in [0.717, 1.165) is 34.1 Å². The molecule has 0 atom stereocenters. The molecule has 0 bridgehead atoms. The summed E-state index contributed by atoms with van der Waals surface area (Å²) >= 11 is 0. The van der Waals surface area contributed by atoms with E-state index in [1.165, 1.54) is 71.3 Å². The average molecular weight is 773 g/mol. The minimum Gasteiger partial charge on any atom is -0.310 e. The predicted molar refractivity (Wildman–Crippen MR) is 259 cm³/mol. The van der Waals surface area contributed by atoms with Gasteiger partial charge < -0.3 is 9.80 Å². The summed E-state index contributed by atoms with van der Waals surface area (Å²) in [6.45, 7) is 11.5. The first-order chi connectivity index (χ1) is 29.3. The number of anilines is 6. The van der Waals surface area contributed by atoms with Crippen molar-refractivity contribution in [2.75, 3.05) is 9.80 Å². The Morgan fingerprint density at radius 2 is 0.750 bits per heavy atom. The van der Waals surface area contributed by atoms with Crippen LogP contribution in [0.3, 0.4) is 0 Å². The molecule has 2 nitrogen and oxygen atoms in total. The molecule has 60 heavy (non-hydrogen) atoms. The van der Waals surface area contributed by atoms with Gasteiger partial charge in [-0.2, -0.15) is 0 Å². The fraction of sp³-hybridized carbons (Fsp3) is 0.103. The molecular weight excluding hydrogens is 725 g/mol. The number of rotatable bonds is 8. The first-order valence-corrected chi connectivity index (χ1v) is 21.0. The molecule has 0 aliphatic rings. The highest BCUT2D eigenvalue weighted by Gasteiger charge is 2.27. The topological polar surface area (TPSA) is 6.48 Å². The zero-order chi connectivity index (χ0) is 41.0. The predicted octanol–water partition coefficient (Wildman–Crippen LogP) is 16.8. The number of hydrogen-bond acceptors (Lipinski definition) is 2. The molecule has 0 saturated heterocycles. The Hall–Kier alpha value is -7.16. The highest BCUT2D eigenvalue weighted by Crippen LogP contribution is 2.52. The zero-order valence-corrected chi connectivity index (χ0v) is 34.9. The van der Waals surface area contributed by atoms with Crippen molar-refractivity contribution < 1.29 is 0 Å². The molecule has 10 rings (SSSR count). The Morgan fingerprint density at radius 3 is 1.15 bits per heavy atom. The zero-order valence-electron chi connectivity index (χ0n) is 34.9. The van der Waals surface area contributed by atoms with Gasteiger partial charge in [-0.15, -0.1) is 0 Å². The van der Waals surface area contributed by atoms with Crippen LogP contribution in [0.4, 0.5) is 34.1 Å². The molecule has 10 aromatic rings. The molecule has 0 spiro atoms. The minimum atomic E-state index is 0.0115. The van der Waals surface area contributed by atoms with Crippen LogP contribution in [0.1, 0.15) is 37.5 Å². The maximum Gasteiger partial charge on any atom is 0.0561 e. The first-order valence-electron chi connectivity index (χ1n) is 21.0. The van der Waals surface area contributed by atoms with E-state index in [2.05, 4.69) is 245 Å². The Kier molecular flexibility index (Phi) is 9.22. The van der Waals surface area contributed by atoms with Crippen molar-refractivity contribution in [2.24, 2.45) is 0 Å². The largest absolute Gasteiger partial charge is 0.310 e. The Labute approximate surface area is 354 Å². The highest BCUT2D eigenvalue weighted by molar-refractivity contribution is 6.29. The molecule has 0 unspecified atom stereocenters. The van der Waals surface area contributed by atoms with E-state index in [1.807, 2.05) is 0 Å². The summed E-state index contributed by atoms with van der Waals surface area (Å²) in [4.78, 5) is 4.99. The summed E-state index contributed by atoms with van der Waals surface area (Å²) in [7, 11) is 0. The Morgan fingerprint density at radius 1 is 0.350 bits per heavy atom. The molecule has 0 radical (unpaired) electrons. The van der Waals surface area contributed by atoms with Gasteiger partial charge in [0.25, 0.3) is 0 Å². The van der Waals surface area contributed by atoms with Gasteiger partial charge in [0.15, 0.2) is 0 Å². The SMILES string of the molecule is Cc1c(-c2ccccc2)cccc1N(c1ccccc1)c1cc(N(c2ccccc2)c2cccc(-c3ccccc3)c2C)c2ccc3cc(C(C)(C)C)cc4ccc1c2c43. The van der Waals surface area contributed by atoms with Crippen molar-refractivity contribution >= 4 is 66.4 Å². The van der Waals surface area contributed by atoms with Crippen molar-refractivity contribution in [3.63, 3.8) is 0 Å². The molecule has 0 heterocycles. The van der Waals surface area contributed by atoms with E-state index < -0.39 is 0 Å². The van der Waals surface area contributed by atoms with Gasteiger partial charge in [-0.3, -0.25) is 0 Å². The smallest absolute Gasteiger partial charge is 0.0561 e. The first kappa shape index (κ1) is 37.1. The lowest BCUT2D eigenvalue weighted by Crippen LogP contribution is -2.16. The third kappa shape index (κ3) is 6.37. The summed E-state index contributed by atoms with van der Waals surface area (Å²) in [5.74, 6) is 0. The summed E-state index contributed by atoms with van der Waals surface area (Å²) in [5, 5.41) is 7.53. The summed E-state index contributed by atoms with van der Waals surface area (Å²) < 4.78 is 0. The second-order valence-corrected chi connectivity index (χ2v) is 17.0. The quantitative estimate of drug-likeness (QED) is 0.142. The molecular formula is C58H48N2. The Bertz CT molecular complexity index is 2930. The maximum atomic E-state index is 2.49. The van der Waals surface area contributed by atoms with E-state index in [-0.39, 0.29) is 5.41 Å². The van der Waals surface area contributed by atoms with Crippen molar-refractivity contribution in [1.82, 2.24) is 0 Å². The molecule has 0 saturated carbocycles. The van der Waals surface area contributed by atoms with Gasteiger partial charge in [-0.1, -0.05) is 178 Å². The number of nitrogens with zero attached hydrogens (tertiary/aromatic N) is 2. The third-order valence-corrected chi connectivity index (χ3v) is 12.3. The van der Waals surface area contributed by atoms with Crippen LogP contribution in [0.5, 0.6) is 0 Å². The van der Waals surface area contributed by atoms with E-state index in [1.54, 1.807) is 0 Å². The van der Waals surface area contributed by atoms with E-state index >= 15 is 0 Å². The summed E-state index contributed by atoms with van der Waals surface area (Å²) in [6, 6.07) is 73.5. The molecule has 290 valence electrons. The van der Waals surface area contributed by atoms with Crippen LogP contribution in [0.2, 0.25) is 0 Å². The minimum absolute atomic E-state index is 0.0115. The summed E-state index contributed by atoms with van der Waals surface area (Å²) in [5.41, 5.74) is 15.4. The third-order valence-electron chi connectivity index (χ3n) is 12.3. The standard InChI is InChI=1S/C58H48N2/c1-39-48(41-20-10-6-11-21-41)28-18-30-52(39)59(46-24-14-8-15-25-46)54-38-55(51-35-33-44-37-45(58(3,4)5)36-43-32-34-50(54)57(51)56(43)44)60(47-26-16-9-17-27-47)53-31-19-29-49(40(53)2)42-22-12-7-13-23-42/h6-38H,1-5H3. The van der Waals surface area contributed by atoms with Crippen LogP contribution < -0.4 is 9.80 Å². The molecule has 0 amide bonds. The molecule has 2 heteroatoms. The number of benzene rings is 10. The van der Waals surface area contributed by atoms with Gasteiger partial charge >= 0.3 is 0 Å². The van der Waals surface area contributed by atoms with Crippen molar-refractivity contribution in [2.45, 2.75) is 40.0 Å². The van der Waals surface area contributed by atoms with Crippen molar-refractivity contribution in [3.05, 3.63) is 217 Å². The molecule has 0 fully saturated rings. The van der Waals surface area contributed by atoms with Gasteiger partial charge in [0.05, 0.1) is 11.4 Å². The van der Waals surface area contributed by atoms with Crippen LogP contribution in [0.15, 0.2) is 200 Å². The molecule has 0 aromatic heterocycles. The fourth-order valence-corrected chi connectivity index (χ4v) is 9.24. The van der Waals surface area contributed by atoms with Crippen molar-refractivity contribution in [3.8, 4) is 22.3 Å². The van der Waals surface area contributed by atoms with E-state index in [4.69, 9.17) is 0 Å². The lowest BCUT2D eigenvalue weighted by molar-refractivity contribution is 0.591. The molecule has 10 aromatic carbocycles. The van der Waals surface area contributed by atoms with Crippen LogP contribution >= 0.6 is 0 Å². The van der Waals surface area contributed by atoms with Crippen LogP contribution in [-0.4, -0.2) is 0 Å². The van der Waals surface area contributed by atoms with Gasteiger partial charge in [-0.05, 0) is 117 Å².